The van der Waals surface area contributed by atoms with Gasteiger partial charge < -0.3 is 73.1 Å². The summed E-state index contributed by atoms with van der Waals surface area (Å²) in [4.78, 5) is 85.2. The van der Waals surface area contributed by atoms with E-state index >= 15 is 0 Å². The fourth-order valence-electron chi connectivity index (χ4n) is 0. The van der Waals surface area contributed by atoms with Crippen LogP contribution in [0.5, 0.6) is 0 Å². The molecule has 0 heterocycles. The summed E-state index contributed by atoms with van der Waals surface area (Å²) in [5.41, 5.74) is 0. The molecule has 0 spiro atoms. The average molecular weight is 531 g/mol. The van der Waals surface area contributed by atoms with Crippen LogP contribution in [0.15, 0.2) is 0 Å². The zero-order chi connectivity index (χ0) is 17.9. The Balaban J connectivity index is -0.00000000852. The molecule has 0 fully saturated rings. The van der Waals surface area contributed by atoms with Crippen LogP contribution in [0, 0.1) is 0 Å². The molecule has 0 aromatic heterocycles. The van der Waals surface area contributed by atoms with Crippen molar-refractivity contribution in [1.82, 2.24) is 0 Å². The number of rotatable bonds is 0. The topological polar surface area (TPSA) is 316 Å². The molecule has 124 valence electrons. The van der Waals surface area contributed by atoms with Gasteiger partial charge in [0.05, 0.1) is 0 Å². The Kier molecular flexibility index (Phi) is 170. The zero-order valence-corrected chi connectivity index (χ0v) is 27.3. The van der Waals surface area contributed by atoms with Crippen molar-refractivity contribution in [2.24, 2.45) is 0 Å². The van der Waals surface area contributed by atoms with Gasteiger partial charge in [-0.2, -0.15) is 0 Å². The van der Waals surface area contributed by atoms with Crippen molar-refractivity contribution in [3.8, 4) is 0 Å². The van der Waals surface area contributed by atoms with Crippen molar-refractivity contribution in [3.63, 3.8) is 0 Å². The van der Waals surface area contributed by atoms with E-state index in [2.05, 4.69) is 0 Å². The SMILES string of the molecule is O=[Si]([O-])[O-].O=[Si]([O-])[O-].O=[Si]([O-])[O-].O=[Si]([O-])[O-].O=[Si]([O-])[O-].[Al+3].[Al+3].[H-].[H-].[Mg+2].[Mg+2].[Na+].[Na+]. The van der Waals surface area contributed by atoms with Crippen molar-refractivity contribution in [1.29, 1.82) is 0 Å². The quantitative estimate of drug-likeness (QED) is 0.262. The predicted octanol–water partition coefficient (Wildman–Crippen LogP) is -21.7. The maximum absolute atomic E-state index is 8.52. The summed E-state index contributed by atoms with van der Waals surface area (Å²) in [7, 11) is -18.1. The average Bonchev–Trinajstić information content (AvgIpc) is 1.94. The van der Waals surface area contributed by atoms with Crippen LogP contribution in [0.1, 0.15) is 2.85 Å². The fraction of sp³-hybridized carbons (Fsp3) is 0. The summed E-state index contributed by atoms with van der Waals surface area (Å²) in [6.07, 6.45) is 0. The molecule has 0 aromatic rings. The van der Waals surface area contributed by atoms with Crippen LogP contribution in [-0.4, -0.2) is 127 Å². The fourth-order valence-corrected chi connectivity index (χ4v) is 0. The Hall–Kier alpha value is 2.68. The summed E-state index contributed by atoms with van der Waals surface area (Å²) in [5.74, 6) is 0. The molecule has 0 aliphatic carbocycles. The van der Waals surface area contributed by atoms with Crippen LogP contribution >= 0.6 is 0 Å². The van der Waals surface area contributed by atoms with Crippen molar-refractivity contribution in [2.45, 2.75) is 0 Å². The summed E-state index contributed by atoms with van der Waals surface area (Å²) in [6.45, 7) is 0. The van der Waals surface area contributed by atoms with Crippen LogP contribution in [0.3, 0.4) is 0 Å². The largest absolute Gasteiger partial charge is 3.00 e. The summed E-state index contributed by atoms with van der Waals surface area (Å²) < 4.78 is 42.6. The van der Waals surface area contributed by atoms with Gasteiger partial charge in [0.15, 0.2) is 0 Å². The van der Waals surface area contributed by atoms with Crippen molar-refractivity contribution >= 4 is 127 Å². The van der Waals surface area contributed by atoms with Gasteiger partial charge in [-0.3, -0.25) is 0 Å². The standard InChI is InChI=1S/2Al.2Mg.2Na.5O3Si.2H/c;;;;;;5*1-4(2)3;;/q2*+3;2*+2;2*+1;5*-2;2*-1. The van der Waals surface area contributed by atoms with E-state index < -0.39 is 45.9 Å². The molecule has 0 saturated carbocycles. The van der Waals surface area contributed by atoms with Crippen molar-refractivity contribution in [2.75, 3.05) is 0 Å². The maximum atomic E-state index is 8.52. The molecular weight excluding hydrogens is 529 g/mol. The predicted molar refractivity (Wildman–Crippen MR) is 57.4 cm³/mol. The van der Waals surface area contributed by atoms with Crippen LogP contribution < -0.4 is 107 Å². The molecule has 0 radical (unpaired) electrons. The molecule has 0 atom stereocenters. The molecular formula is H2Al2Mg2Na2O15Si5. The van der Waals surface area contributed by atoms with Gasteiger partial charge in [0.25, 0.3) is 0 Å². The number of hydrogen-bond acceptors (Lipinski definition) is 15. The Morgan fingerprint density at radius 3 is 0.385 bits per heavy atom. The smallest absolute Gasteiger partial charge is 1.00 e. The van der Waals surface area contributed by atoms with E-state index in [4.69, 9.17) is 70.3 Å². The van der Waals surface area contributed by atoms with Gasteiger partial charge in [0, 0.05) is 45.9 Å². The van der Waals surface area contributed by atoms with Crippen molar-refractivity contribution in [3.05, 3.63) is 0 Å². The van der Waals surface area contributed by atoms with Crippen molar-refractivity contribution < 1.29 is 132 Å². The number of hydrogen-bond donors (Lipinski definition) is 0. The first-order chi connectivity index (χ1) is 8.66. The molecule has 0 N–H and O–H groups in total. The summed E-state index contributed by atoms with van der Waals surface area (Å²) >= 11 is 0. The van der Waals surface area contributed by atoms with Crippen LogP contribution in [0.25, 0.3) is 0 Å². The first-order valence-electron chi connectivity index (χ1n) is 3.06. The van der Waals surface area contributed by atoms with Gasteiger partial charge in [0.2, 0.25) is 0 Å². The third-order valence-corrected chi connectivity index (χ3v) is 0. The molecule has 0 unspecified atom stereocenters. The van der Waals surface area contributed by atoms with Crippen LogP contribution in [0.2, 0.25) is 0 Å². The molecule has 0 aliphatic heterocycles. The molecule has 26 heavy (non-hydrogen) atoms. The molecule has 15 nitrogen and oxygen atoms in total. The molecule has 0 bridgehead atoms. The minimum Gasteiger partial charge on any atom is -1.00 e. The third-order valence-electron chi connectivity index (χ3n) is 0. The normalized spacial score (nSPS) is 4.62. The monoisotopic (exact) mass is 530 g/mol. The first kappa shape index (κ1) is 70.3. The Bertz CT molecular complexity index is 241. The Labute approximate surface area is 255 Å². The van der Waals surface area contributed by atoms with E-state index in [1.165, 1.54) is 0 Å². The van der Waals surface area contributed by atoms with E-state index in [1.807, 2.05) is 0 Å². The van der Waals surface area contributed by atoms with Gasteiger partial charge in [0.1, 0.15) is 0 Å². The Morgan fingerprint density at radius 1 is 0.385 bits per heavy atom. The maximum Gasteiger partial charge on any atom is 3.00 e. The van der Waals surface area contributed by atoms with Gasteiger partial charge >= 0.3 is 140 Å². The molecule has 0 saturated heterocycles. The van der Waals surface area contributed by atoms with Gasteiger partial charge in [-0.05, 0) is 0 Å². The van der Waals surface area contributed by atoms with E-state index in [9.17, 15) is 0 Å². The molecule has 0 amide bonds. The summed E-state index contributed by atoms with van der Waals surface area (Å²) in [5, 5.41) is 0. The second kappa shape index (κ2) is 63.0. The van der Waals surface area contributed by atoms with Gasteiger partial charge in [-0.1, -0.05) is 0 Å². The first-order valence-corrected chi connectivity index (χ1v) is 9.19. The van der Waals surface area contributed by atoms with E-state index in [-0.39, 0.29) is 143 Å². The second-order valence-corrected chi connectivity index (χ2v) is 3.75. The van der Waals surface area contributed by atoms with Crippen LogP contribution in [-0.2, 0) is 22.3 Å². The van der Waals surface area contributed by atoms with E-state index in [0.717, 1.165) is 0 Å². The second-order valence-electron chi connectivity index (χ2n) is 1.25. The van der Waals surface area contributed by atoms with Gasteiger partial charge in [-0.15, -0.1) is 0 Å². The molecule has 0 aromatic carbocycles. The zero-order valence-electron chi connectivity index (χ0n) is 15.2. The van der Waals surface area contributed by atoms with Crippen LogP contribution in [0.4, 0.5) is 0 Å². The molecule has 26 heteroatoms. The third kappa shape index (κ3) is 2450. The summed E-state index contributed by atoms with van der Waals surface area (Å²) in [6, 6.07) is 0. The van der Waals surface area contributed by atoms with E-state index in [0.29, 0.717) is 0 Å². The minimum atomic E-state index is -3.63. The molecule has 0 aliphatic rings. The molecule has 0 rings (SSSR count). The van der Waals surface area contributed by atoms with Gasteiger partial charge in [-0.25, -0.2) is 0 Å². The minimum absolute atomic E-state index is 0. The Morgan fingerprint density at radius 2 is 0.385 bits per heavy atom. The van der Waals surface area contributed by atoms with E-state index in [1.54, 1.807) is 0 Å².